The van der Waals surface area contributed by atoms with Gasteiger partial charge in [0, 0.05) is 18.5 Å². The van der Waals surface area contributed by atoms with Gasteiger partial charge in [0.1, 0.15) is 5.76 Å². The zero-order valence-electron chi connectivity index (χ0n) is 13.9. The lowest BCUT2D eigenvalue weighted by atomic mass is 10.1. The number of furan rings is 1. The molecule has 0 saturated heterocycles. The Kier molecular flexibility index (Phi) is 4.75. The lowest BCUT2D eigenvalue weighted by Gasteiger charge is -2.09. The van der Waals surface area contributed by atoms with Crippen LogP contribution in [0.1, 0.15) is 27.4 Å². The first-order valence-electron chi connectivity index (χ1n) is 7.99. The van der Waals surface area contributed by atoms with Crippen LogP contribution in [0.4, 0.5) is 0 Å². The third-order valence-electron chi connectivity index (χ3n) is 3.91. The molecule has 2 heterocycles. The topological polar surface area (TPSA) is 55.1 Å². The summed E-state index contributed by atoms with van der Waals surface area (Å²) in [4.78, 5) is 16.9. The number of benzene rings is 1. The fraction of sp³-hybridized carbons (Fsp3) is 0.200. The molecule has 0 aliphatic rings. The van der Waals surface area contributed by atoms with E-state index in [-0.39, 0.29) is 5.91 Å². The molecule has 2 aromatic heterocycles. The standard InChI is InChI=1S/C20H20N2O2/c1-14-5-7-16(8-6-14)19-10-9-18(15(2)22-19)20(23)21-12-11-17-4-3-13-24-17/h3-10,13H,11-12H2,1-2H3,(H,21,23). The van der Waals surface area contributed by atoms with Crippen LogP contribution in [-0.4, -0.2) is 17.4 Å². The predicted octanol–water partition coefficient (Wildman–Crippen LogP) is 3.93. The molecule has 24 heavy (non-hydrogen) atoms. The molecule has 1 N–H and O–H groups in total. The number of pyridine rings is 1. The van der Waals surface area contributed by atoms with Gasteiger partial charge in [0.15, 0.2) is 0 Å². The van der Waals surface area contributed by atoms with Gasteiger partial charge in [-0.2, -0.15) is 0 Å². The van der Waals surface area contributed by atoms with E-state index in [1.54, 1.807) is 6.26 Å². The third-order valence-corrected chi connectivity index (χ3v) is 3.91. The Morgan fingerprint density at radius 3 is 2.54 bits per heavy atom. The summed E-state index contributed by atoms with van der Waals surface area (Å²) in [7, 11) is 0. The first-order chi connectivity index (χ1) is 11.6. The summed E-state index contributed by atoms with van der Waals surface area (Å²) in [6, 6.07) is 15.7. The normalized spacial score (nSPS) is 10.6. The molecule has 0 radical (unpaired) electrons. The molecule has 0 spiro atoms. The van der Waals surface area contributed by atoms with Crippen LogP contribution in [0.5, 0.6) is 0 Å². The van der Waals surface area contributed by atoms with E-state index in [2.05, 4.69) is 29.4 Å². The molecule has 3 rings (SSSR count). The second-order valence-corrected chi connectivity index (χ2v) is 5.78. The molecule has 0 aliphatic carbocycles. The van der Waals surface area contributed by atoms with Crippen molar-refractivity contribution in [1.82, 2.24) is 10.3 Å². The molecule has 0 aliphatic heterocycles. The van der Waals surface area contributed by atoms with Crippen LogP contribution >= 0.6 is 0 Å². The summed E-state index contributed by atoms with van der Waals surface area (Å²) in [5, 5.41) is 2.91. The van der Waals surface area contributed by atoms with Gasteiger partial charge in [0.2, 0.25) is 0 Å². The highest BCUT2D eigenvalue weighted by Crippen LogP contribution is 2.19. The van der Waals surface area contributed by atoms with Crippen LogP contribution in [0.15, 0.2) is 59.2 Å². The molecule has 4 nitrogen and oxygen atoms in total. The zero-order chi connectivity index (χ0) is 16.9. The van der Waals surface area contributed by atoms with Crippen LogP contribution < -0.4 is 5.32 Å². The minimum atomic E-state index is -0.109. The number of carbonyl (C=O) groups is 1. The van der Waals surface area contributed by atoms with Crippen LogP contribution in [-0.2, 0) is 6.42 Å². The average molecular weight is 320 g/mol. The summed E-state index contributed by atoms with van der Waals surface area (Å²) in [5.74, 6) is 0.752. The second-order valence-electron chi connectivity index (χ2n) is 5.78. The highest BCUT2D eigenvalue weighted by molar-refractivity contribution is 5.95. The minimum absolute atomic E-state index is 0.109. The van der Waals surface area contributed by atoms with Crippen molar-refractivity contribution in [1.29, 1.82) is 0 Å². The Hall–Kier alpha value is -2.88. The summed E-state index contributed by atoms with van der Waals surface area (Å²) >= 11 is 0. The van der Waals surface area contributed by atoms with Crippen LogP contribution in [0.25, 0.3) is 11.3 Å². The first-order valence-corrected chi connectivity index (χ1v) is 7.99. The molecular weight excluding hydrogens is 300 g/mol. The molecule has 3 aromatic rings. The van der Waals surface area contributed by atoms with E-state index >= 15 is 0 Å². The van der Waals surface area contributed by atoms with Crippen molar-refractivity contribution in [2.75, 3.05) is 6.54 Å². The minimum Gasteiger partial charge on any atom is -0.469 e. The van der Waals surface area contributed by atoms with Gasteiger partial charge in [-0.3, -0.25) is 9.78 Å². The van der Waals surface area contributed by atoms with Crippen molar-refractivity contribution >= 4 is 5.91 Å². The van der Waals surface area contributed by atoms with Crippen molar-refractivity contribution < 1.29 is 9.21 Å². The Balaban J connectivity index is 1.67. The number of nitrogens with zero attached hydrogens (tertiary/aromatic N) is 1. The largest absolute Gasteiger partial charge is 0.469 e. The van der Waals surface area contributed by atoms with Crippen molar-refractivity contribution in [3.05, 3.63) is 77.4 Å². The molecule has 0 saturated carbocycles. The van der Waals surface area contributed by atoms with Gasteiger partial charge in [0.25, 0.3) is 5.91 Å². The number of nitrogens with one attached hydrogen (secondary N) is 1. The van der Waals surface area contributed by atoms with Crippen molar-refractivity contribution in [3.63, 3.8) is 0 Å². The maximum Gasteiger partial charge on any atom is 0.253 e. The monoisotopic (exact) mass is 320 g/mol. The van der Waals surface area contributed by atoms with Crippen LogP contribution in [0.3, 0.4) is 0 Å². The summed E-state index contributed by atoms with van der Waals surface area (Å²) in [5.41, 5.74) is 4.46. The van der Waals surface area contributed by atoms with E-state index in [0.29, 0.717) is 18.5 Å². The van der Waals surface area contributed by atoms with E-state index in [9.17, 15) is 4.79 Å². The van der Waals surface area contributed by atoms with E-state index in [1.807, 2.05) is 43.3 Å². The first kappa shape index (κ1) is 16.0. The number of aryl methyl sites for hydroxylation is 2. The van der Waals surface area contributed by atoms with Gasteiger partial charge in [-0.1, -0.05) is 29.8 Å². The Morgan fingerprint density at radius 2 is 1.88 bits per heavy atom. The highest BCUT2D eigenvalue weighted by Gasteiger charge is 2.11. The molecule has 0 atom stereocenters. The van der Waals surface area contributed by atoms with Gasteiger partial charge in [-0.05, 0) is 38.1 Å². The maximum absolute atomic E-state index is 12.3. The van der Waals surface area contributed by atoms with Crippen LogP contribution in [0.2, 0.25) is 0 Å². The SMILES string of the molecule is Cc1ccc(-c2ccc(C(=O)NCCc3ccco3)c(C)n2)cc1. The van der Waals surface area contributed by atoms with Gasteiger partial charge in [-0.25, -0.2) is 0 Å². The Morgan fingerprint density at radius 1 is 1.08 bits per heavy atom. The molecule has 0 unspecified atom stereocenters. The third kappa shape index (κ3) is 3.71. The number of aromatic nitrogens is 1. The summed E-state index contributed by atoms with van der Waals surface area (Å²) in [6.45, 7) is 4.45. The smallest absolute Gasteiger partial charge is 0.253 e. The van der Waals surface area contributed by atoms with E-state index in [0.717, 1.165) is 22.7 Å². The molecule has 122 valence electrons. The zero-order valence-corrected chi connectivity index (χ0v) is 13.9. The predicted molar refractivity (Wildman–Crippen MR) is 93.9 cm³/mol. The fourth-order valence-electron chi connectivity index (χ4n) is 2.54. The number of hydrogen-bond donors (Lipinski definition) is 1. The molecule has 0 fully saturated rings. The van der Waals surface area contributed by atoms with Crippen LogP contribution in [0, 0.1) is 13.8 Å². The summed E-state index contributed by atoms with van der Waals surface area (Å²) in [6.07, 6.45) is 2.31. The average Bonchev–Trinajstić information content (AvgIpc) is 3.08. The number of rotatable bonds is 5. The molecular formula is C20H20N2O2. The number of amides is 1. The Labute approximate surface area is 141 Å². The fourth-order valence-corrected chi connectivity index (χ4v) is 2.54. The van der Waals surface area contributed by atoms with Crippen molar-refractivity contribution in [2.24, 2.45) is 0 Å². The molecule has 0 bridgehead atoms. The summed E-state index contributed by atoms with van der Waals surface area (Å²) < 4.78 is 5.25. The highest BCUT2D eigenvalue weighted by atomic mass is 16.3. The van der Waals surface area contributed by atoms with Crippen molar-refractivity contribution in [3.8, 4) is 11.3 Å². The van der Waals surface area contributed by atoms with E-state index in [4.69, 9.17) is 4.42 Å². The quantitative estimate of drug-likeness (QED) is 0.775. The molecule has 1 amide bonds. The van der Waals surface area contributed by atoms with E-state index in [1.165, 1.54) is 5.56 Å². The maximum atomic E-state index is 12.3. The lowest BCUT2D eigenvalue weighted by Crippen LogP contribution is -2.26. The number of hydrogen-bond acceptors (Lipinski definition) is 3. The van der Waals surface area contributed by atoms with Gasteiger partial charge >= 0.3 is 0 Å². The van der Waals surface area contributed by atoms with Gasteiger partial charge in [0.05, 0.1) is 23.2 Å². The lowest BCUT2D eigenvalue weighted by molar-refractivity contribution is 0.0952. The molecule has 1 aromatic carbocycles. The molecule has 4 heteroatoms. The van der Waals surface area contributed by atoms with E-state index < -0.39 is 0 Å². The Bertz CT molecular complexity index is 821. The van der Waals surface area contributed by atoms with Crippen molar-refractivity contribution in [2.45, 2.75) is 20.3 Å². The van der Waals surface area contributed by atoms with Gasteiger partial charge < -0.3 is 9.73 Å². The van der Waals surface area contributed by atoms with Gasteiger partial charge in [-0.15, -0.1) is 0 Å². The number of carbonyl (C=O) groups excluding carboxylic acids is 1. The second kappa shape index (κ2) is 7.13.